The maximum absolute atomic E-state index is 5.06. The molecule has 0 fully saturated rings. The van der Waals surface area contributed by atoms with Crippen LogP contribution in [0.25, 0.3) is 0 Å². The van der Waals surface area contributed by atoms with Crippen molar-refractivity contribution in [2.75, 3.05) is 13.7 Å². The van der Waals surface area contributed by atoms with Crippen molar-refractivity contribution in [3.05, 3.63) is 30.1 Å². The van der Waals surface area contributed by atoms with Gasteiger partial charge in [-0.3, -0.25) is 4.98 Å². The van der Waals surface area contributed by atoms with Gasteiger partial charge in [-0.2, -0.15) is 0 Å². The topological polar surface area (TPSA) is 34.1 Å². The van der Waals surface area contributed by atoms with E-state index in [9.17, 15) is 0 Å². The van der Waals surface area contributed by atoms with Gasteiger partial charge in [-0.15, -0.1) is 0 Å². The molecule has 0 saturated heterocycles. The van der Waals surface area contributed by atoms with Crippen LogP contribution in [-0.4, -0.2) is 24.7 Å². The minimum Gasteiger partial charge on any atom is -0.383 e. The van der Waals surface area contributed by atoms with Crippen LogP contribution < -0.4 is 5.32 Å². The summed E-state index contributed by atoms with van der Waals surface area (Å²) in [6, 6.07) is 6.56. The van der Waals surface area contributed by atoms with Crippen molar-refractivity contribution < 1.29 is 4.74 Å². The molecular formula is C11H18N2O. The van der Waals surface area contributed by atoms with E-state index in [1.54, 1.807) is 7.11 Å². The van der Waals surface area contributed by atoms with Gasteiger partial charge in [0.2, 0.25) is 0 Å². The maximum Gasteiger partial charge on any atom is 0.0613 e. The molecule has 78 valence electrons. The van der Waals surface area contributed by atoms with Gasteiger partial charge in [0.25, 0.3) is 0 Å². The Kier molecular flexibility index (Phi) is 4.56. The summed E-state index contributed by atoms with van der Waals surface area (Å²) in [6.07, 6.45) is 1.81. The van der Waals surface area contributed by atoms with E-state index in [1.165, 1.54) is 0 Å². The molecule has 0 bridgehead atoms. The second-order valence-electron chi connectivity index (χ2n) is 3.50. The highest BCUT2D eigenvalue weighted by Crippen LogP contribution is 2.08. The molecule has 14 heavy (non-hydrogen) atoms. The third-order valence-electron chi connectivity index (χ3n) is 2.08. The van der Waals surface area contributed by atoms with Gasteiger partial charge in [0.15, 0.2) is 0 Å². The SMILES string of the molecule is COC[C@H](C)N[C@H](C)c1ccccn1. The minimum atomic E-state index is 0.265. The van der Waals surface area contributed by atoms with E-state index in [2.05, 4.69) is 24.1 Å². The molecule has 1 rings (SSSR count). The smallest absolute Gasteiger partial charge is 0.0613 e. The van der Waals surface area contributed by atoms with Crippen LogP contribution in [0.4, 0.5) is 0 Å². The summed E-state index contributed by atoms with van der Waals surface area (Å²) in [4.78, 5) is 4.29. The molecule has 0 aromatic carbocycles. The molecule has 1 aromatic rings. The van der Waals surface area contributed by atoms with E-state index in [0.717, 1.165) is 12.3 Å². The fourth-order valence-corrected chi connectivity index (χ4v) is 1.44. The lowest BCUT2D eigenvalue weighted by Crippen LogP contribution is -2.32. The number of aromatic nitrogens is 1. The Balaban J connectivity index is 2.46. The summed E-state index contributed by atoms with van der Waals surface area (Å²) in [5.41, 5.74) is 1.07. The first-order valence-corrected chi connectivity index (χ1v) is 4.90. The van der Waals surface area contributed by atoms with Crippen molar-refractivity contribution in [3.8, 4) is 0 Å². The summed E-state index contributed by atoms with van der Waals surface area (Å²) in [6.45, 7) is 4.93. The van der Waals surface area contributed by atoms with Crippen molar-refractivity contribution >= 4 is 0 Å². The molecule has 0 aliphatic rings. The summed E-state index contributed by atoms with van der Waals surface area (Å²) >= 11 is 0. The molecule has 0 saturated carbocycles. The Morgan fingerprint density at radius 3 is 2.79 bits per heavy atom. The van der Waals surface area contributed by atoms with Crippen LogP contribution in [-0.2, 0) is 4.74 Å². The number of nitrogens with one attached hydrogen (secondary N) is 1. The van der Waals surface area contributed by atoms with Gasteiger partial charge in [0, 0.05) is 25.4 Å². The van der Waals surface area contributed by atoms with Gasteiger partial charge < -0.3 is 10.1 Å². The van der Waals surface area contributed by atoms with Crippen LogP contribution in [0.2, 0.25) is 0 Å². The maximum atomic E-state index is 5.06. The fraction of sp³-hybridized carbons (Fsp3) is 0.545. The van der Waals surface area contributed by atoms with E-state index in [4.69, 9.17) is 4.74 Å². The highest BCUT2D eigenvalue weighted by Gasteiger charge is 2.09. The molecule has 3 nitrogen and oxygen atoms in total. The van der Waals surface area contributed by atoms with Gasteiger partial charge in [-0.1, -0.05) is 6.07 Å². The minimum absolute atomic E-state index is 0.265. The van der Waals surface area contributed by atoms with Crippen LogP contribution >= 0.6 is 0 Å². The average Bonchev–Trinajstić information content (AvgIpc) is 2.19. The first-order valence-electron chi connectivity index (χ1n) is 4.90. The van der Waals surface area contributed by atoms with E-state index in [1.807, 2.05) is 24.4 Å². The zero-order chi connectivity index (χ0) is 10.4. The molecule has 0 aliphatic heterocycles. The largest absolute Gasteiger partial charge is 0.383 e. The molecule has 0 amide bonds. The lowest BCUT2D eigenvalue weighted by molar-refractivity contribution is 0.167. The zero-order valence-electron chi connectivity index (χ0n) is 9.03. The molecule has 0 radical (unpaired) electrons. The highest BCUT2D eigenvalue weighted by atomic mass is 16.5. The van der Waals surface area contributed by atoms with E-state index in [0.29, 0.717) is 6.04 Å². The van der Waals surface area contributed by atoms with Crippen LogP contribution in [0, 0.1) is 0 Å². The molecule has 0 aliphatic carbocycles. The number of hydrogen-bond acceptors (Lipinski definition) is 3. The van der Waals surface area contributed by atoms with Crippen LogP contribution in [0.15, 0.2) is 24.4 Å². The summed E-state index contributed by atoms with van der Waals surface area (Å²) < 4.78 is 5.06. The summed E-state index contributed by atoms with van der Waals surface area (Å²) in [7, 11) is 1.71. The number of hydrogen-bond donors (Lipinski definition) is 1. The molecule has 1 N–H and O–H groups in total. The average molecular weight is 194 g/mol. The lowest BCUT2D eigenvalue weighted by Gasteiger charge is -2.18. The van der Waals surface area contributed by atoms with Crippen LogP contribution in [0.3, 0.4) is 0 Å². The number of pyridine rings is 1. The molecular weight excluding hydrogens is 176 g/mol. The second-order valence-corrected chi connectivity index (χ2v) is 3.50. The van der Waals surface area contributed by atoms with Crippen molar-refractivity contribution in [1.82, 2.24) is 10.3 Å². The Hall–Kier alpha value is -0.930. The zero-order valence-corrected chi connectivity index (χ0v) is 9.03. The molecule has 2 atom stereocenters. The number of ether oxygens (including phenoxy) is 1. The third kappa shape index (κ3) is 3.44. The second kappa shape index (κ2) is 5.73. The van der Waals surface area contributed by atoms with Crippen LogP contribution in [0.5, 0.6) is 0 Å². The first-order chi connectivity index (χ1) is 6.74. The highest BCUT2D eigenvalue weighted by molar-refractivity contribution is 5.07. The van der Waals surface area contributed by atoms with E-state index in [-0.39, 0.29) is 6.04 Å². The summed E-state index contributed by atoms with van der Waals surface area (Å²) in [5.74, 6) is 0. The quantitative estimate of drug-likeness (QED) is 0.775. The molecule has 1 heterocycles. The Bertz CT molecular complexity index is 251. The predicted octanol–water partition coefficient (Wildman–Crippen LogP) is 1.77. The van der Waals surface area contributed by atoms with Crippen molar-refractivity contribution in [2.45, 2.75) is 25.9 Å². The molecule has 3 heteroatoms. The molecule has 0 unspecified atom stereocenters. The summed E-state index contributed by atoms with van der Waals surface area (Å²) in [5, 5.41) is 3.41. The van der Waals surface area contributed by atoms with Crippen molar-refractivity contribution in [1.29, 1.82) is 0 Å². The fourth-order valence-electron chi connectivity index (χ4n) is 1.44. The Labute approximate surface area is 85.5 Å². The Morgan fingerprint density at radius 1 is 1.43 bits per heavy atom. The number of methoxy groups -OCH3 is 1. The molecule has 0 spiro atoms. The van der Waals surface area contributed by atoms with Crippen molar-refractivity contribution in [2.24, 2.45) is 0 Å². The first kappa shape index (κ1) is 11.1. The van der Waals surface area contributed by atoms with E-state index < -0.39 is 0 Å². The van der Waals surface area contributed by atoms with Crippen molar-refractivity contribution in [3.63, 3.8) is 0 Å². The number of nitrogens with zero attached hydrogens (tertiary/aromatic N) is 1. The Morgan fingerprint density at radius 2 is 2.21 bits per heavy atom. The van der Waals surface area contributed by atoms with Gasteiger partial charge >= 0.3 is 0 Å². The molecule has 1 aromatic heterocycles. The lowest BCUT2D eigenvalue weighted by atomic mass is 10.2. The van der Waals surface area contributed by atoms with E-state index >= 15 is 0 Å². The third-order valence-corrected chi connectivity index (χ3v) is 2.08. The van der Waals surface area contributed by atoms with Gasteiger partial charge in [0.05, 0.1) is 12.3 Å². The van der Waals surface area contributed by atoms with Crippen LogP contribution in [0.1, 0.15) is 25.6 Å². The normalized spacial score (nSPS) is 15.1. The van der Waals surface area contributed by atoms with Gasteiger partial charge in [0.1, 0.15) is 0 Å². The standard InChI is InChI=1S/C11H18N2O/c1-9(8-14-3)13-10(2)11-6-4-5-7-12-11/h4-7,9-10,13H,8H2,1-3H3/t9-,10+/m0/s1. The monoisotopic (exact) mass is 194 g/mol. The van der Waals surface area contributed by atoms with Gasteiger partial charge in [-0.05, 0) is 26.0 Å². The van der Waals surface area contributed by atoms with Gasteiger partial charge in [-0.25, -0.2) is 0 Å². The number of rotatable bonds is 5. The predicted molar refractivity (Wildman–Crippen MR) is 57.1 cm³/mol.